The Morgan fingerprint density at radius 3 is 2.60 bits per heavy atom. The molecule has 1 spiro atoms. The van der Waals surface area contributed by atoms with E-state index < -0.39 is 5.41 Å². The van der Waals surface area contributed by atoms with Gasteiger partial charge in [0.25, 0.3) is 5.91 Å². The molecule has 12 heteroatoms. The number of nitriles is 1. The predicted octanol–water partition coefficient (Wildman–Crippen LogP) is 4.58. The summed E-state index contributed by atoms with van der Waals surface area (Å²) in [6.07, 6.45) is 10.00. The van der Waals surface area contributed by atoms with Gasteiger partial charge in [0.15, 0.2) is 5.65 Å². The first-order valence-corrected chi connectivity index (χ1v) is 15.5. The molecular weight excluding hydrogens is 532 g/mol. The van der Waals surface area contributed by atoms with E-state index in [0.717, 1.165) is 49.6 Å². The molecule has 1 saturated heterocycles. The summed E-state index contributed by atoms with van der Waals surface area (Å²) in [6.45, 7) is 11.8. The van der Waals surface area contributed by atoms with E-state index in [1.54, 1.807) is 6.20 Å². The Morgan fingerprint density at radius 2 is 1.93 bits per heavy atom. The van der Waals surface area contributed by atoms with Crippen LogP contribution in [-0.4, -0.2) is 66.8 Å². The first kappa shape index (κ1) is 29.6. The van der Waals surface area contributed by atoms with Gasteiger partial charge in [-0.3, -0.25) is 9.89 Å². The third-order valence-corrected chi connectivity index (χ3v) is 9.02. The molecule has 4 aliphatic rings. The number of aromatic nitrogens is 7. The summed E-state index contributed by atoms with van der Waals surface area (Å²) in [5, 5.41) is 21.0. The minimum Gasteiger partial charge on any atom is -0.462 e. The number of fused-ring (bicyclic) bond motifs is 1. The van der Waals surface area contributed by atoms with Crippen molar-refractivity contribution in [3.63, 3.8) is 0 Å². The number of anilines is 1. The van der Waals surface area contributed by atoms with E-state index in [1.165, 1.54) is 12.7 Å². The van der Waals surface area contributed by atoms with E-state index in [4.69, 9.17) is 4.74 Å². The lowest BCUT2D eigenvalue weighted by molar-refractivity contribution is 0.0935. The number of nitrogens with one attached hydrogen (secondary N) is 2. The molecule has 0 bridgehead atoms. The topological polar surface area (TPSA) is 158 Å². The highest BCUT2D eigenvalue weighted by molar-refractivity contribution is 5.91. The summed E-state index contributed by atoms with van der Waals surface area (Å²) in [4.78, 5) is 37.1. The minimum atomic E-state index is -0.467. The molecule has 224 valence electrons. The smallest absolute Gasteiger partial charge is 0.322 e. The van der Waals surface area contributed by atoms with Crippen LogP contribution in [0.3, 0.4) is 0 Å². The van der Waals surface area contributed by atoms with Gasteiger partial charge in [-0.2, -0.15) is 25.3 Å². The number of rotatable bonds is 8. The lowest BCUT2D eigenvalue weighted by Crippen LogP contribution is -2.36. The average Bonchev–Trinajstić information content (AvgIpc) is 4.02. The summed E-state index contributed by atoms with van der Waals surface area (Å²) in [7, 11) is 0. The average molecular weight is 575 g/mol. The van der Waals surface area contributed by atoms with Gasteiger partial charge in [0.2, 0.25) is 11.8 Å². The zero-order chi connectivity index (χ0) is 29.9. The van der Waals surface area contributed by atoms with Crippen LogP contribution in [0.4, 0.5) is 5.95 Å². The van der Waals surface area contributed by atoms with Crippen molar-refractivity contribution in [2.75, 3.05) is 24.6 Å². The first-order valence-electron chi connectivity index (χ1n) is 15.5. The van der Waals surface area contributed by atoms with E-state index in [9.17, 15) is 10.1 Å². The molecule has 3 aromatic rings. The van der Waals surface area contributed by atoms with Crippen LogP contribution in [0.1, 0.15) is 102 Å². The number of nitrogens with zero attached hydrogens (tertiary/aromatic N) is 8. The van der Waals surface area contributed by atoms with E-state index in [2.05, 4.69) is 58.3 Å². The summed E-state index contributed by atoms with van der Waals surface area (Å²) in [6, 6.07) is 2.62. The molecule has 4 heterocycles. The predicted molar refractivity (Wildman–Crippen MR) is 158 cm³/mol. The van der Waals surface area contributed by atoms with Gasteiger partial charge in [-0.05, 0) is 49.9 Å². The number of hydrogen-bond donors (Lipinski definition) is 2. The van der Waals surface area contributed by atoms with Gasteiger partial charge < -0.3 is 15.0 Å². The number of carbonyl (C=O) groups is 1. The Morgan fingerprint density at radius 1 is 1.17 bits per heavy atom. The molecule has 3 aromatic heterocycles. The number of H-pyrrole nitrogens is 1. The Balaban J connectivity index is 0.000000847. The quantitative estimate of drug-likeness (QED) is 0.390. The molecular formula is C30H42N10O2. The van der Waals surface area contributed by atoms with Crippen molar-refractivity contribution in [2.24, 2.45) is 16.7 Å². The van der Waals surface area contributed by atoms with Crippen molar-refractivity contribution < 1.29 is 9.53 Å². The highest BCUT2D eigenvalue weighted by atomic mass is 16.5. The van der Waals surface area contributed by atoms with E-state index in [0.29, 0.717) is 36.0 Å². The minimum absolute atomic E-state index is 0.0707. The fourth-order valence-electron chi connectivity index (χ4n) is 6.12. The van der Waals surface area contributed by atoms with E-state index >= 15 is 0 Å². The lowest BCUT2D eigenvalue weighted by atomic mass is 9.92. The molecule has 2 N–H and O–H groups in total. The number of piperidine rings is 1. The summed E-state index contributed by atoms with van der Waals surface area (Å²) >= 11 is 0. The Labute approximate surface area is 247 Å². The molecule has 3 unspecified atom stereocenters. The second kappa shape index (κ2) is 12.2. The second-order valence-corrected chi connectivity index (χ2v) is 11.4. The SMILES string of the molecule is CC.CC.CCC1CC12CC2NC(=O)c1nc(OCC2(C#N)CC2)nc(N2CCC(c3[nH]nc4ncncc34)CC2)n1. The van der Waals surface area contributed by atoms with E-state index in [-0.39, 0.29) is 36.3 Å². The van der Waals surface area contributed by atoms with Gasteiger partial charge in [0, 0.05) is 36.9 Å². The molecule has 4 fully saturated rings. The van der Waals surface area contributed by atoms with Gasteiger partial charge in [-0.25, -0.2) is 9.97 Å². The highest BCUT2D eigenvalue weighted by Crippen LogP contribution is 2.71. The van der Waals surface area contributed by atoms with Gasteiger partial charge >= 0.3 is 6.01 Å². The maximum atomic E-state index is 13.2. The number of carbonyl (C=O) groups excluding carboxylic acids is 1. The summed E-state index contributed by atoms with van der Waals surface area (Å²) in [5.41, 5.74) is 1.56. The van der Waals surface area contributed by atoms with Crippen molar-refractivity contribution in [2.45, 2.75) is 91.5 Å². The Kier molecular flexibility index (Phi) is 8.57. The third kappa shape index (κ3) is 5.74. The van der Waals surface area contributed by atoms with Crippen molar-refractivity contribution >= 4 is 22.9 Å². The lowest BCUT2D eigenvalue weighted by Gasteiger charge is -2.31. The van der Waals surface area contributed by atoms with Crippen LogP contribution >= 0.6 is 0 Å². The molecule has 3 aliphatic carbocycles. The number of amides is 1. The van der Waals surface area contributed by atoms with Crippen LogP contribution in [0.15, 0.2) is 12.5 Å². The zero-order valence-electron chi connectivity index (χ0n) is 25.4. The fourth-order valence-corrected chi connectivity index (χ4v) is 6.12. The van der Waals surface area contributed by atoms with Crippen LogP contribution < -0.4 is 15.0 Å². The second-order valence-electron chi connectivity index (χ2n) is 11.4. The monoisotopic (exact) mass is 574 g/mol. The molecule has 12 nitrogen and oxygen atoms in total. The normalized spacial score (nSPS) is 24.9. The van der Waals surface area contributed by atoms with Gasteiger partial charge in [-0.1, -0.05) is 41.0 Å². The van der Waals surface area contributed by atoms with Crippen molar-refractivity contribution in [3.8, 4) is 12.1 Å². The van der Waals surface area contributed by atoms with Crippen LogP contribution in [0.2, 0.25) is 0 Å². The van der Waals surface area contributed by atoms with Crippen molar-refractivity contribution in [1.82, 2.24) is 40.4 Å². The number of ether oxygens (including phenoxy) is 1. The van der Waals surface area contributed by atoms with Gasteiger partial charge in [-0.15, -0.1) is 0 Å². The van der Waals surface area contributed by atoms with E-state index in [1.807, 2.05) is 27.7 Å². The Bertz CT molecular complexity index is 1440. The molecule has 0 aromatic carbocycles. The van der Waals surface area contributed by atoms with Gasteiger partial charge in [0.05, 0.1) is 16.9 Å². The highest BCUT2D eigenvalue weighted by Gasteiger charge is 2.69. The standard InChI is InChI=1S/C26H30N10O2.2C2H6/c1-2-16-9-26(16)10-18(26)30-22(37)21-31-23(33-24(32-21)38-13-25(12-27)5-6-25)36-7-3-15(4-8-36)19-17-11-28-14-29-20(17)35-34-19;2*1-2/h11,14-16,18H,2-10,13H2,1H3,(H,30,37)(H,28,29,34,35);2*1-2H3. The fraction of sp³-hybridized carbons (Fsp3) is 0.667. The third-order valence-electron chi connectivity index (χ3n) is 9.02. The Hall–Kier alpha value is -3.88. The van der Waals surface area contributed by atoms with Crippen LogP contribution in [0, 0.1) is 28.1 Å². The molecule has 7 rings (SSSR count). The molecule has 0 radical (unpaired) electrons. The summed E-state index contributed by atoms with van der Waals surface area (Å²) < 4.78 is 5.86. The van der Waals surface area contributed by atoms with Crippen LogP contribution in [0.25, 0.3) is 11.0 Å². The van der Waals surface area contributed by atoms with Crippen molar-refractivity contribution in [3.05, 3.63) is 24.0 Å². The number of aromatic amines is 1. The van der Waals surface area contributed by atoms with Gasteiger partial charge in [0.1, 0.15) is 12.9 Å². The molecule has 42 heavy (non-hydrogen) atoms. The number of hydrogen-bond acceptors (Lipinski definition) is 10. The maximum Gasteiger partial charge on any atom is 0.322 e. The van der Waals surface area contributed by atoms with Crippen LogP contribution in [0.5, 0.6) is 6.01 Å². The molecule has 3 atom stereocenters. The summed E-state index contributed by atoms with van der Waals surface area (Å²) in [5.74, 6) is 1.20. The van der Waals surface area contributed by atoms with Crippen LogP contribution in [-0.2, 0) is 0 Å². The maximum absolute atomic E-state index is 13.2. The molecule has 3 saturated carbocycles. The zero-order valence-corrected chi connectivity index (χ0v) is 25.4. The molecule has 1 aliphatic heterocycles. The molecule has 1 amide bonds. The largest absolute Gasteiger partial charge is 0.462 e. The first-order chi connectivity index (χ1) is 20.5. The van der Waals surface area contributed by atoms with Crippen molar-refractivity contribution in [1.29, 1.82) is 5.26 Å².